The fraction of sp³-hybridized carbons (Fsp3) is 0.423. The molecule has 3 aromatic rings. The summed E-state index contributed by atoms with van der Waals surface area (Å²) in [6.07, 6.45) is 1.77. The van der Waals surface area contributed by atoms with Gasteiger partial charge in [0.2, 0.25) is 0 Å². The van der Waals surface area contributed by atoms with Crippen LogP contribution in [0.4, 0.5) is 10.1 Å². The third-order valence-corrected chi connectivity index (χ3v) is 7.06. The predicted molar refractivity (Wildman–Crippen MR) is 138 cm³/mol. The number of nitrogen functional groups attached to an aromatic ring is 1. The fourth-order valence-electron chi connectivity index (χ4n) is 5.00. The summed E-state index contributed by atoms with van der Waals surface area (Å²) in [4.78, 5) is 27.3. The van der Waals surface area contributed by atoms with Crippen LogP contribution in [0.15, 0.2) is 47.3 Å². The number of halogens is 1. The van der Waals surface area contributed by atoms with E-state index in [-0.39, 0.29) is 17.3 Å². The summed E-state index contributed by atoms with van der Waals surface area (Å²) in [5.41, 5.74) is 7.83. The molecule has 0 bridgehead atoms. The maximum Gasteiger partial charge on any atom is 0.262 e. The SMILES string of the molecule is CC(=O)[O-].Nc1ccc2c(=O)n(CCN3CCC(C4(c5ccc(F)cc5)OCCO4)CC3)c(=S)[nH]c2c1. The minimum atomic E-state index is -1.08. The molecule has 1 aromatic heterocycles. The third-order valence-electron chi connectivity index (χ3n) is 6.73. The molecule has 0 saturated carbocycles. The minimum absolute atomic E-state index is 0.105. The highest BCUT2D eigenvalue weighted by atomic mass is 32.1. The van der Waals surface area contributed by atoms with E-state index in [1.54, 1.807) is 34.9 Å². The zero-order valence-electron chi connectivity index (χ0n) is 20.6. The maximum atomic E-state index is 13.4. The van der Waals surface area contributed by atoms with E-state index in [2.05, 4.69) is 9.88 Å². The molecule has 2 fully saturated rings. The quantitative estimate of drug-likeness (QED) is 0.381. The second-order valence-corrected chi connectivity index (χ2v) is 9.56. The second-order valence-electron chi connectivity index (χ2n) is 9.17. The second kappa shape index (κ2) is 11.5. The van der Waals surface area contributed by atoms with Crippen molar-refractivity contribution in [3.8, 4) is 0 Å². The number of hydrogen-bond donors (Lipinski definition) is 2. The lowest BCUT2D eigenvalue weighted by Gasteiger charge is -2.41. The van der Waals surface area contributed by atoms with Crippen molar-refractivity contribution in [2.45, 2.75) is 32.1 Å². The third kappa shape index (κ3) is 6.07. The van der Waals surface area contributed by atoms with Gasteiger partial charge in [-0.25, -0.2) is 4.39 Å². The number of fused-ring (bicyclic) bond motifs is 1. The minimum Gasteiger partial charge on any atom is -0.550 e. The number of carbonyl (C=O) groups excluding carboxylic acids is 1. The van der Waals surface area contributed by atoms with Crippen LogP contribution >= 0.6 is 12.2 Å². The average molecular weight is 530 g/mol. The highest BCUT2D eigenvalue weighted by Gasteiger charge is 2.46. The molecule has 0 spiro atoms. The Kier molecular flexibility index (Phi) is 8.38. The number of nitrogens with one attached hydrogen (secondary N) is 1. The summed E-state index contributed by atoms with van der Waals surface area (Å²) in [5, 5.41) is 9.47. The first kappa shape index (κ1) is 26.9. The predicted octanol–water partition coefficient (Wildman–Crippen LogP) is 2.15. The largest absolute Gasteiger partial charge is 0.550 e. The molecule has 0 amide bonds. The molecule has 2 saturated heterocycles. The summed E-state index contributed by atoms with van der Waals surface area (Å²) in [5.74, 6) is -1.98. The van der Waals surface area contributed by atoms with Crippen LogP contribution in [0.25, 0.3) is 10.9 Å². The summed E-state index contributed by atoms with van der Waals surface area (Å²) >= 11 is 5.43. The van der Waals surface area contributed by atoms with E-state index in [0.29, 0.717) is 41.1 Å². The number of carbonyl (C=O) groups is 1. The monoisotopic (exact) mass is 529 g/mol. The van der Waals surface area contributed by atoms with Crippen molar-refractivity contribution < 1.29 is 23.8 Å². The molecular formula is C26H30FN4O5S-. The Morgan fingerprint density at radius 1 is 1.16 bits per heavy atom. The molecule has 2 aliphatic rings. The molecule has 3 N–H and O–H groups in total. The molecule has 0 radical (unpaired) electrons. The molecule has 198 valence electrons. The fourth-order valence-corrected chi connectivity index (χ4v) is 5.29. The van der Waals surface area contributed by atoms with Crippen LogP contribution in [0.1, 0.15) is 25.3 Å². The summed E-state index contributed by atoms with van der Waals surface area (Å²) < 4.78 is 27.7. The average Bonchev–Trinajstić information content (AvgIpc) is 3.35. The van der Waals surface area contributed by atoms with E-state index in [4.69, 9.17) is 37.3 Å². The van der Waals surface area contributed by atoms with Crippen LogP contribution in [0.3, 0.4) is 0 Å². The topological polar surface area (TPSA) is 126 Å². The lowest BCUT2D eigenvalue weighted by atomic mass is 9.84. The lowest BCUT2D eigenvalue weighted by Crippen LogP contribution is -2.45. The van der Waals surface area contributed by atoms with Crippen molar-refractivity contribution >= 4 is 34.8 Å². The number of nitrogens with two attached hydrogens (primary N) is 1. The van der Waals surface area contributed by atoms with Gasteiger partial charge in [0.25, 0.3) is 5.56 Å². The van der Waals surface area contributed by atoms with Gasteiger partial charge in [-0.15, -0.1) is 0 Å². The number of benzene rings is 2. The van der Waals surface area contributed by atoms with Crippen LogP contribution < -0.4 is 16.4 Å². The number of H-pyrrole nitrogens is 1. The Balaban J connectivity index is 0.000000747. The first-order valence-corrected chi connectivity index (χ1v) is 12.6. The van der Waals surface area contributed by atoms with Gasteiger partial charge in [0.15, 0.2) is 10.6 Å². The molecule has 37 heavy (non-hydrogen) atoms. The number of anilines is 1. The van der Waals surface area contributed by atoms with Crippen molar-refractivity contribution in [1.29, 1.82) is 0 Å². The Hall–Kier alpha value is -3.12. The number of aromatic nitrogens is 2. The molecule has 11 heteroatoms. The van der Waals surface area contributed by atoms with Gasteiger partial charge in [-0.05, 0) is 75.4 Å². The van der Waals surface area contributed by atoms with E-state index >= 15 is 0 Å². The van der Waals surface area contributed by atoms with E-state index in [0.717, 1.165) is 45.0 Å². The van der Waals surface area contributed by atoms with E-state index in [9.17, 15) is 9.18 Å². The van der Waals surface area contributed by atoms with Crippen LogP contribution in [-0.4, -0.2) is 53.3 Å². The smallest absolute Gasteiger partial charge is 0.262 e. The van der Waals surface area contributed by atoms with Crippen LogP contribution in [0.2, 0.25) is 0 Å². The van der Waals surface area contributed by atoms with Gasteiger partial charge in [0.05, 0.1) is 24.1 Å². The van der Waals surface area contributed by atoms with E-state index < -0.39 is 11.8 Å². The van der Waals surface area contributed by atoms with Crippen LogP contribution in [-0.2, 0) is 26.6 Å². The number of rotatable bonds is 5. The van der Waals surface area contributed by atoms with Crippen molar-refractivity contribution in [2.24, 2.45) is 5.92 Å². The molecule has 0 atom stereocenters. The number of ether oxygens (including phenoxy) is 2. The lowest BCUT2D eigenvalue weighted by molar-refractivity contribution is -0.302. The van der Waals surface area contributed by atoms with Crippen LogP contribution in [0.5, 0.6) is 0 Å². The Labute approximate surface area is 218 Å². The van der Waals surface area contributed by atoms with Crippen molar-refractivity contribution in [2.75, 3.05) is 38.6 Å². The Morgan fingerprint density at radius 2 is 1.78 bits per heavy atom. The van der Waals surface area contributed by atoms with Crippen molar-refractivity contribution in [3.63, 3.8) is 0 Å². The molecule has 5 rings (SSSR count). The molecule has 2 aliphatic heterocycles. The number of aromatic amines is 1. The molecule has 2 aromatic carbocycles. The standard InChI is InChI=1S/C24H27FN4O3S.C2H4O2/c25-18-3-1-16(2-4-18)24(31-13-14-32-24)17-7-9-28(10-8-17)11-12-29-22(30)20-6-5-19(26)15-21(20)27-23(29)33;1-2(3)4/h1-6,15,17H,7-14,26H2,(H,27,33);1H3,(H,3,4)/p-1. The van der Waals surface area contributed by atoms with Gasteiger partial charge in [-0.2, -0.15) is 0 Å². The zero-order chi connectivity index (χ0) is 26.6. The Bertz CT molecular complexity index is 1360. The number of nitrogens with zero attached hydrogens (tertiary/aromatic N) is 2. The molecule has 0 aliphatic carbocycles. The van der Waals surface area contributed by atoms with Gasteiger partial charge in [0.1, 0.15) is 5.82 Å². The normalized spacial score (nSPS) is 17.9. The maximum absolute atomic E-state index is 13.4. The van der Waals surface area contributed by atoms with Gasteiger partial charge < -0.3 is 35.0 Å². The molecule has 0 unspecified atom stereocenters. The van der Waals surface area contributed by atoms with Crippen molar-refractivity contribution in [3.05, 3.63) is 69.0 Å². The number of likely N-dealkylation sites (tertiary alicyclic amines) is 1. The number of hydrogen-bond acceptors (Lipinski definition) is 8. The van der Waals surface area contributed by atoms with Gasteiger partial charge in [-0.3, -0.25) is 9.36 Å². The number of carboxylic acids is 1. The van der Waals surface area contributed by atoms with E-state index in [1.165, 1.54) is 12.1 Å². The molecule has 3 heterocycles. The Morgan fingerprint density at radius 3 is 2.41 bits per heavy atom. The zero-order valence-corrected chi connectivity index (χ0v) is 21.4. The van der Waals surface area contributed by atoms with Gasteiger partial charge in [0, 0.05) is 36.2 Å². The highest BCUT2D eigenvalue weighted by molar-refractivity contribution is 7.71. The number of piperidine rings is 1. The molecular weight excluding hydrogens is 499 g/mol. The first-order valence-electron chi connectivity index (χ1n) is 12.2. The van der Waals surface area contributed by atoms with E-state index in [1.807, 2.05) is 0 Å². The summed E-state index contributed by atoms with van der Waals surface area (Å²) in [7, 11) is 0. The number of aliphatic carboxylic acids is 1. The molecule has 9 nitrogen and oxygen atoms in total. The highest BCUT2D eigenvalue weighted by Crippen LogP contribution is 2.43. The van der Waals surface area contributed by atoms with Gasteiger partial charge in [-0.1, -0.05) is 12.1 Å². The van der Waals surface area contributed by atoms with Crippen LogP contribution in [0, 0.1) is 16.5 Å². The summed E-state index contributed by atoms with van der Waals surface area (Å²) in [6, 6.07) is 11.6. The first-order chi connectivity index (χ1) is 17.7. The van der Waals surface area contributed by atoms with Crippen molar-refractivity contribution in [1.82, 2.24) is 14.5 Å². The van der Waals surface area contributed by atoms with Gasteiger partial charge >= 0.3 is 0 Å². The number of carboxylic acid groups (broad SMARTS) is 1. The summed E-state index contributed by atoms with van der Waals surface area (Å²) in [6.45, 7) is 4.98.